The van der Waals surface area contributed by atoms with Crippen molar-refractivity contribution in [3.63, 3.8) is 0 Å². The minimum atomic E-state index is -0.815. The highest BCUT2D eigenvalue weighted by molar-refractivity contribution is 5.72. The molecule has 0 aliphatic heterocycles. The van der Waals surface area contributed by atoms with Gasteiger partial charge in [-0.3, -0.25) is 14.4 Å². The molecule has 474 valence electrons. The van der Waals surface area contributed by atoms with Gasteiger partial charge in [-0.05, 0) is 77.0 Å². The number of allylic oxidation sites excluding steroid dienone is 13. The summed E-state index contributed by atoms with van der Waals surface area (Å²) in [7, 11) is 0. The number of carbonyl (C=O) groups excluding carboxylic acids is 3. The third-order valence-corrected chi connectivity index (χ3v) is 15.7. The van der Waals surface area contributed by atoms with Gasteiger partial charge in [-0.2, -0.15) is 0 Å². The number of ether oxygens (including phenoxy) is 3. The zero-order valence-corrected chi connectivity index (χ0v) is 54.5. The monoisotopic (exact) mass is 1140 g/mol. The predicted octanol–water partition coefficient (Wildman–Crippen LogP) is 24.6. The molecule has 0 N–H and O–H groups in total. The second kappa shape index (κ2) is 70.1. The van der Waals surface area contributed by atoms with Crippen molar-refractivity contribution in [3.8, 4) is 0 Å². The molecule has 0 aromatic carbocycles. The first-order valence-electron chi connectivity index (χ1n) is 35.6. The van der Waals surface area contributed by atoms with Crippen LogP contribution < -0.4 is 0 Å². The molecule has 1 unspecified atom stereocenters. The quantitative estimate of drug-likeness (QED) is 0.0261. The van der Waals surface area contributed by atoms with Crippen LogP contribution in [0.4, 0.5) is 0 Å². The molecule has 0 fully saturated rings. The summed E-state index contributed by atoms with van der Waals surface area (Å²) in [6, 6.07) is 0. The van der Waals surface area contributed by atoms with Crippen molar-refractivity contribution in [2.75, 3.05) is 13.2 Å². The second-order valence-electron chi connectivity index (χ2n) is 23.8. The topological polar surface area (TPSA) is 78.9 Å². The number of hydrogen-bond donors (Lipinski definition) is 0. The van der Waals surface area contributed by atoms with Crippen molar-refractivity contribution in [1.82, 2.24) is 0 Å². The molecule has 0 heterocycles. The van der Waals surface area contributed by atoms with Crippen LogP contribution in [0.1, 0.15) is 361 Å². The second-order valence-corrected chi connectivity index (χ2v) is 23.8. The minimum absolute atomic E-state index is 0.102. The van der Waals surface area contributed by atoms with Gasteiger partial charge in [0.25, 0.3) is 0 Å². The van der Waals surface area contributed by atoms with Gasteiger partial charge in [0.2, 0.25) is 0 Å². The molecular weight excluding hydrogens is 1010 g/mol. The maximum atomic E-state index is 12.9. The zero-order chi connectivity index (χ0) is 59.2. The lowest BCUT2D eigenvalue weighted by Crippen LogP contribution is -2.30. The van der Waals surface area contributed by atoms with Gasteiger partial charge in [0.15, 0.2) is 6.10 Å². The molecule has 0 aromatic rings. The third kappa shape index (κ3) is 67.4. The van der Waals surface area contributed by atoms with Crippen LogP contribution in [-0.2, 0) is 28.6 Å². The Kier molecular flexibility index (Phi) is 67.2. The summed E-state index contributed by atoms with van der Waals surface area (Å²) >= 11 is 0. The van der Waals surface area contributed by atoms with E-state index in [0.29, 0.717) is 12.8 Å². The SMILES string of the molecule is CC/C=C\C/C=C\C/C=C\C/C=C\C/C=C\CC(=O)OCC(COC(=O)CCCCCCCCCCCCCCCCCCCCC/C=C\C/C=C\CCCCCCC)OC(=O)CCCCCCCCCCCCCCCCCCCC. The molecule has 0 rings (SSSR count). The van der Waals surface area contributed by atoms with Crippen LogP contribution >= 0.6 is 0 Å². The molecular formula is C76H134O6. The lowest BCUT2D eigenvalue weighted by Gasteiger charge is -2.18. The van der Waals surface area contributed by atoms with E-state index >= 15 is 0 Å². The molecule has 0 radical (unpaired) electrons. The van der Waals surface area contributed by atoms with E-state index < -0.39 is 12.1 Å². The van der Waals surface area contributed by atoms with Crippen molar-refractivity contribution in [3.05, 3.63) is 85.1 Å². The van der Waals surface area contributed by atoms with E-state index in [1.54, 1.807) is 0 Å². The van der Waals surface area contributed by atoms with Gasteiger partial charge in [-0.25, -0.2) is 0 Å². The number of unbranched alkanes of at least 4 members (excludes halogenated alkanes) is 41. The van der Waals surface area contributed by atoms with Crippen LogP contribution in [0.25, 0.3) is 0 Å². The van der Waals surface area contributed by atoms with Gasteiger partial charge in [0.05, 0.1) is 6.42 Å². The molecule has 0 bridgehead atoms. The van der Waals surface area contributed by atoms with Gasteiger partial charge in [-0.1, -0.05) is 350 Å². The molecule has 0 amide bonds. The van der Waals surface area contributed by atoms with Crippen LogP contribution in [0.3, 0.4) is 0 Å². The van der Waals surface area contributed by atoms with E-state index in [1.807, 2.05) is 12.2 Å². The summed E-state index contributed by atoms with van der Waals surface area (Å²) in [6.45, 7) is 6.48. The fraction of sp³-hybridized carbons (Fsp3) is 0.776. The number of esters is 3. The first-order chi connectivity index (χ1) is 40.5. The first-order valence-corrected chi connectivity index (χ1v) is 35.6. The Labute approximate surface area is 509 Å². The van der Waals surface area contributed by atoms with E-state index in [9.17, 15) is 14.4 Å². The maximum absolute atomic E-state index is 12.9. The van der Waals surface area contributed by atoms with Gasteiger partial charge in [0, 0.05) is 12.8 Å². The molecule has 6 heteroatoms. The molecule has 0 aliphatic rings. The molecule has 0 saturated carbocycles. The molecule has 0 aromatic heterocycles. The molecule has 82 heavy (non-hydrogen) atoms. The largest absolute Gasteiger partial charge is 0.462 e. The van der Waals surface area contributed by atoms with Crippen molar-refractivity contribution < 1.29 is 28.6 Å². The lowest BCUT2D eigenvalue weighted by atomic mass is 10.0. The average molecular weight is 1140 g/mol. The molecule has 1 atom stereocenters. The summed E-state index contributed by atoms with van der Waals surface area (Å²) in [5.41, 5.74) is 0. The summed E-state index contributed by atoms with van der Waals surface area (Å²) in [5.74, 6) is -1.02. The van der Waals surface area contributed by atoms with Gasteiger partial charge < -0.3 is 14.2 Å². The molecule has 0 saturated heterocycles. The number of rotatable bonds is 65. The smallest absolute Gasteiger partial charge is 0.309 e. The van der Waals surface area contributed by atoms with Gasteiger partial charge >= 0.3 is 17.9 Å². The summed E-state index contributed by atoms with van der Waals surface area (Å²) < 4.78 is 16.9. The van der Waals surface area contributed by atoms with Crippen LogP contribution in [0.15, 0.2) is 85.1 Å². The Morgan fingerprint density at radius 2 is 0.524 bits per heavy atom. The Bertz CT molecular complexity index is 1550. The maximum Gasteiger partial charge on any atom is 0.309 e. The van der Waals surface area contributed by atoms with Gasteiger partial charge in [-0.15, -0.1) is 0 Å². The highest BCUT2D eigenvalue weighted by Crippen LogP contribution is 2.18. The van der Waals surface area contributed by atoms with E-state index in [-0.39, 0.29) is 31.6 Å². The predicted molar refractivity (Wildman–Crippen MR) is 358 cm³/mol. The van der Waals surface area contributed by atoms with E-state index in [4.69, 9.17) is 14.2 Å². The highest BCUT2D eigenvalue weighted by Gasteiger charge is 2.19. The molecule has 6 nitrogen and oxygen atoms in total. The Balaban J connectivity index is 4.25. The standard InChI is InChI=1S/C76H134O6/c1-4-7-10-13-16-19-22-25-28-30-32-33-34-35-36-37-38-39-40-41-42-43-44-46-48-51-54-57-60-63-66-69-75(78)81-72-73(71-80-74(77)68-65-62-59-56-53-50-47-27-24-21-18-15-12-9-6-3)82-76(79)70-67-64-61-58-55-52-49-45-31-29-26-23-20-17-14-11-8-5-2/h9,12,18,21-22,25,27,30,32,47,53,56,62,65,73H,4-8,10-11,13-17,19-20,23-24,26,28-29,31,33-46,48-52,54-55,57-61,63-64,66-72H2,1-3H3/b12-9-,21-18-,25-22-,32-30-,47-27-,56-53-,65-62-. The van der Waals surface area contributed by atoms with E-state index in [2.05, 4.69) is 93.7 Å². The van der Waals surface area contributed by atoms with Crippen LogP contribution in [0.5, 0.6) is 0 Å². The minimum Gasteiger partial charge on any atom is -0.462 e. The van der Waals surface area contributed by atoms with Crippen LogP contribution in [-0.4, -0.2) is 37.2 Å². The highest BCUT2D eigenvalue weighted by atomic mass is 16.6. The van der Waals surface area contributed by atoms with Crippen molar-refractivity contribution in [2.45, 2.75) is 367 Å². The zero-order valence-electron chi connectivity index (χ0n) is 54.5. The van der Waals surface area contributed by atoms with Crippen LogP contribution in [0.2, 0.25) is 0 Å². The Hall–Kier alpha value is -3.41. The summed E-state index contributed by atoms with van der Waals surface area (Å²) in [5, 5.41) is 0. The lowest BCUT2D eigenvalue weighted by molar-refractivity contribution is -0.166. The van der Waals surface area contributed by atoms with Crippen molar-refractivity contribution in [1.29, 1.82) is 0 Å². The summed E-state index contributed by atoms with van der Waals surface area (Å²) in [6.07, 6.45) is 93.7. The molecule has 0 spiro atoms. The first kappa shape index (κ1) is 78.6. The van der Waals surface area contributed by atoms with Crippen molar-refractivity contribution in [2.24, 2.45) is 0 Å². The number of hydrogen-bond acceptors (Lipinski definition) is 6. The average Bonchev–Trinajstić information content (AvgIpc) is 3.47. The van der Waals surface area contributed by atoms with Crippen molar-refractivity contribution >= 4 is 17.9 Å². The Morgan fingerprint density at radius 1 is 0.268 bits per heavy atom. The van der Waals surface area contributed by atoms with E-state index in [1.165, 1.54) is 244 Å². The summed E-state index contributed by atoms with van der Waals surface area (Å²) in [4.78, 5) is 38.3. The fourth-order valence-corrected chi connectivity index (χ4v) is 10.4. The van der Waals surface area contributed by atoms with Gasteiger partial charge in [0.1, 0.15) is 13.2 Å². The molecule has 0 aliphatic carbocycles. The Morgan fingerprint density at radius 3 is 0.854 bits per heavy atom. The van der Waals surface area contributed by atoms with Crippen LogP contribution in [0, 0.1) is 0 Å². The fourth-order valence-electron chi connectivity index (χ4n) is 10.4. The van der Waals surface area contributed by atoms with E-state index in [0.717, 1.165) is 77.0 Å². The number of carbonyl (C=O) groups is 3. The third-order valence-electron chi connectivity index (χ3n) is 15.7. The normalized spacial score (nSPS) is 12.6.